The molecule has 0 bridgehead atoms. The number of unbranched alkanes of at least 4 members (excludes halogenated alkanes) is 4. The number of ketones is 1. The molecule has 138 valence electrons. The molecule has 0 saturated carbocycles. The van der Waals surface area contributed by atoms with Crippen LogP contribution in [-0.2, 0) is 16.1 Å². The lowest BCUT2D eigenvalue weighted by Crippen LogP contribution is -2.35. The third-order valence-corrected chi connectivity index (χ3v) is 3.96. The minimum atomic E-state index is -0.404. The van der Waals surface area contributed by atoms with Crippen molar-refractivity contribution in [1.29, 1.82) is 0 Å². The number of nitrogens with one attached hydrogen (secondary N) is 1. The molecule has 4 nitrogen and oxygen atoms in total. The van der Waals surface area contributed by atoms with Gasteiger partial charge >= 0.3 is 6.09 Å². The van der Waals surface area contributed by atoms with Crippen LogP contribution in [0.4, 0.5) is 4.79 Å². The number of rotatable bonds is 12. The van der Waals surface area contributed by atoms with Crippen LogP contribution in [0.3, 0.4) is 0 Å². The topological polar surface area (TPSA) is 55.4 Å². The lowest BCUT2D eigenvalue weighted by atomic mass is 10.0. The molecule has 0 fully saturated rings. The Kier molecular flexibility index (Phi) is 11.1. The summed E-state index contributed by atoms with van der Waals surface area (Å²) in [5.74, 6) is 0.0216. The van der Waals surface area contributed by atoms with Crippen molar-refractivity contribution in [3.8, 4) is 0 Å². The predicted molar refractivity (Wildman–Crippen MR) is 101 cm³/mol. The number of ether oxygens (including phenoxy) is 1. The second-order valence-corrected chi connectivity index (χ2v) is 6.35. The number of hydrogen-bond donors (Lipinski definition) is 1. The number of carbonyl (C=O) groups excluding carboxylic acids is 2. The molecule has 0 saturated heterocycles. The van der Waals surface area contributed by atoms with Crippen LogP contribution in [0.5, 0.6) is 0 Å². The van der Waals surface area contributed by atoms with E-state index in [9.17, 15) is 9.59 Å². The second-order valence-electron chi connectivity index (χ2n) is 6.35. The van der Waals surface area contributed by atoms with Gasteiger partial charge in [-0.05, 0) is 31.4 Å². The molecule has 25 heavy (non-hydrogen) atoms. The Morgan fingerprint density at radius 1 is 1.12 bits per heavy atom. The molecule has 0 heterocycles. The Bertz CT molecular complexity index is 525. The maximum atomic E-state index is 12.0. The smallest absolute Gasteiger partial charge is 0.407 e. The normalized spacial score (nSPS) is 12.1. The van der Waals surface area contributed by atoms with E-state index in [4.69, 9.17) is 4.74 Å². The van der Waals surface area contributed by atoms with Gasteiger partial charge in [0.25, 0.3) is 0 Å². The first-order valence-corrected chi connectivity index (χ1v) is 9.26. The van der Waals surface area contributed by atoms with Crippen LogP contribution in [0.25, 0.3) is 0 Å². The minimum Gasteiger partial charge on any atom is -0.445 e. The lowest BCUT2D eigenvalue weighted by Gasteiger charge is -2.17. The van der Waals surface area contributed by atoms with Crippen LogP contribution in [0.15, 0.2) is 42.5 Å². The molecule has 1 aromatic carbocycles. The third kappa shape index (κ3) is 11.1. The molecule has 1 unspecified atom stereocenters. The van der Waals surface area contributed by atoms with E-state index in [2.05, 4.69) is 12.2 Å². The third-order valence-electron chi connectivity index (χ3n) is 3.96. The van der Waals surface area contributed by atoms with Crippen LogP contribution in [0, 0.1) is 0 Å². The molecule has 0 radical (unpaired) electrons. The summed E-state index contributed by atoms with van der Waals surface area (Å²) < 4.78 is 5.29. The van der Waals surface area contributed by atoms with Gasteiger partial charge in [0.15, 0.2) is 5.78 Å². The molecule has 1 amide bonds. The van der Waals surface area contributed by atoms with Crippen LogP contribution in [0.2, 0.25) is 0 Å². The quantitative estimate of drug-likeness (QED) is 0.419. The monoisotopic (exact) mass is 345 g/mol. The fraction of sp³-hybridized carbons (Fsp3) is 0.524. The molecule has 1 rings (SSSR count). The molecule has 0 spiro atoms. The molecule has 4 heteroatoms. The number of allylic oxidation sites excluding steroid dienone is 1. The standard InChI is InChI=1S/C21H31NO3/c1-3-4-5-6-10-15-20(16-11-12-18(2)23)22-21(24)25-17-19-13-8-7-9-14-19/h7-9,11-14,20H,3-6,10,15-17H2,1-2H3,(H,22,24)/b12-11+. The van der Waals surface area contributed by atoms with E-state index >= 15 is 0 Å². The van der Waals surface area contributed by atoms with Gasteiger partial charge in [0.05, 0.1) is 0 Å². The summed E-state index contributed by atoms with van der Waals surface area (Å²) in [6.07, 6.45) is 10.5. The van der Waals surface area contributed by atoms with E-state index in [1.54, 1.807) is 6.08 Å². The number of hydrogen-bond acceptors (Lipinski definition) is 3. The first-order chi connectivity index (χ1) is 12.1. The molecule has 1 aromatic rings. The van der Waals surface area contributed by atoms with Crippen molar-refractivity contribution in [2.45, 2.75) is 71.4 Å². The van der Waals surface area contributed by atoms with Crippen molar-refractivity contribution in [3.63, 3.8) is 0 Å². The zero-order valence-electron chi connectivity index (χ0n) is 15.5. The Hall–Kier alpha value is -2.10. The number of carbonyl (C=O) groups is 2. The van der Waals surface area contributed by atoms with Gasteiger partial charge in [-0.2, -0.15) is 0 Å². The van der Waals surface area contributed by atoms with E-state index in [0.29, 0.717) is 6.42 Å². The Morgan fingerprint density at radius 2 is 1.84 bits per heavy atom. The summed E-state index contributed by atoms with van der Waals surface area (Å²) in [6.45, 7) is 3.98. The van der Waals surface area contributed by atoms with E-state index in [-0.39, 0.29) is 18.4 Å². The van der Waals surface area contributed by atoms with Crippen molar-refractivity contribution in [2.75, 3.05) is 0 Å². The summed E-state index contributed by atoms with van der Waals surface area (Å²) in [5, 5.41) is 2.93. The van der Waals surface area contributed by atoms with Crippen LogP contribution >= 0.6 is 0 Å². The first kappa shape index (κ1) is 20.9. The van der Waals surface area contributed by atoms with Crippen LogP contribution in [0.1, 0.15) is 64.4 Å². The molecule has 1 atom stereocenters. The molecular formula is C21H31NO3. The molecule has 1 N–H and O–H groups in total. The highest BCUT2D eigenvalue weighted by Gasteiger charge is 2.12. The Balaban J connectivity index is 2.40. The van der Waals surface area contributed by atoms with Crippen molar-refractivity contribution >= 4 is 11.9 Å². The van der Waals surface area contributed by atoms with E-state index < -0.39 is 6.09 Å². The summed E-state index contributed by atoms with van der Waals surface area (Å²) in [5.41, 5.74) is 0.963. The number of benzene rings is 1. The van der Waals surface area contributed by atoms with Gasteiger partial charge in [0.1, 0.15) is 6.61 Å². The maximum absolute atomic E-state index is 12.0. The van der Waals surface area contributed by atoms with Crippen molar-refractivity contribution in [1.82, 2.24) is 5.32 Å². The Morgan fingerprint density at radius 3 is 2.52 bits per heavy atom. The largest absolute Gasteiger partial charge is 0.445 e. The van der Waals surface area contributed by atoms with E-state index in [1.165, 1.54) is 32.6 Å². The van der Waals surface area contributed by atoms with Crippen molar-refractivity contribution in [2.24, 2.45) is 0 Å². The average Bonchev–Trinajstić information content (AvgIpc) is 2.60. The minimum absolute atomic E-state index is 0.000463. The zero-order valence-corrected chi connectivity index (χ0v) is 15.5. The summed E-state index contributed by atoms with van der Waals surface area (Å²) in [4.78, 5) is 23.1. The fourth-order valence-electron chi connectivity index (χ4n) is 2.57. The van der Waals surface area contributed by atoms with Gasteiger partial charge in [-0.1, -0.05) is 75.4 Å². The lowest BCUT2D eigenvalue weighted by molar-refractivity contribution is -0.112. The van der Waals surface area contributed by atoms with Crippen LogP contribution in [-0.4, -0.2) is 17.9 Å². The number of alkyl carbamates (subject to hydrolysis) is 1. The molecular weight excluding hydrogens is 314 g/mol. The summed E-state index contributed by atoms with van der Waals surface area (Å²) >= 11 is 0. The van der Waals surface area contributed by atoms with Gasteiger partial charge in [-0.25, -0.2) is 4.79 Å². The predicted octanol–water partition coefficient (Wildman–Crippen LogP) is 5.18. The SMILES string of the molecule is CCCCCCCC(C/C=C/C(C)=O)NC(=O)OCc1ccccc1. The fourth-order valence-corrected chi connectivity index (χ4v) is 2.57. The maximum Gasteiger partial charge on any atom is 0.407 e. The Labute approximate surface area is 151 Å². The molecule has 0 aliphatic heterocycles. The van der Waals surface area contributed by atoms with Gasteiger partial charge in [-0.15, -0.1) is 0 Å². The highest BCUT2D eigenvalue weighted by molar-refractivity contribution is 5.87. The zero-order chi connectivity index (χ0) is 18.3. The summed E-state index contributed by atoms with van der Waals surface area (Å²) in [6, 6.07) is 9.62. The molecule has 0 aromatic heterocycles. The van der Waals surface area contributed by atoms with Gasteiger partial charge in [-0.3, -0.25) is 4.79 Å². The van der Waals surface area contributed by atoms with Crippen molar-refractivity contribution in [3.05, 3.63) is 48.0 Å². The van der Waals surface area contributed by atoms with E-state index in [1.807, 2.05) is 36.4 Å². The average molecular weight is 345 g/mol. The highest BCUT2D eigenvalue weighted by atomic mass is 16.5. The number of amides is 1. The van der Waals surface area contributed by atoms with Crippen LogP contribution < -0.4 is 5.32 Å². The van der Waals surface area contributed by atoms with Gasteiger partial charge in [0.2, 0.25) is 0 Å². The van der Waals surface area contributed by atoms with Gasteiger partial charge < -0.3 is 10.1 Å². The first-order valence-electron chi connectivity index (χ1n) is 9.26. The molecule has 0 aliphatic rings. The van der Waals surface area contributed by atoms with Gasteiger partial charge in [0, 0.05) is 6.04 Å². The molecule has 0 aliphatic carbocycles. The highest BCUT2D eigenvalue weighted by Crippen LogP contribution is 2.10. The summed E-state index contributed by atoms with van der Waals surface area (Å²) in [7, 11) is 0. The van der Waals surface area contributed by atoms with Crippen molar-refractivity contribution < 1.29 is 14.3 Å². The second kappa shape index (κ2) is 13.2. The van der Waals surface area contributed by atoms with E-state index in [0.717, 1.165) is 18.4 Å².